The molecule has 0 saturated carbocycles. The van der Waals surface area contributed by atoms with Crippen LogP contribution in [0.15, 0.2) is 12.7 Å². The Hall–Kier alpha value is -1.94. The number of alkyl halides is 7. The summed E-state index contributed by atoms with van der Waals surface area (Å²) in [5.41, 5.74) is 0. The average Bonchev–Trinajstić information content (AvgIpc) is 2.59. The van der Waals surface area contributed by atoms with E-state index in [-0.39, 0.29) is 19.2 Å². The maximum Gasteiger partial charge on any atom is 0.466 e. The highest BCUT2D eigenvalue weighted by atomic mass is 32.2. The third-order valence-electron chi connectivity index (χ3n) is 3.58. The summed E-state index contributed by atoms with van der Waals surface area (Å²) in [5, 5.41) is -6.19. The van der Waals surface area contributed by atoms with Crippen LogP contribution >= 0.6 is 0 Å². The molecule has 0 aliphatic heterocycles. The fraction of sp³-hybridized carbons (Fsp3) is 0.714. The maximum atomic E-state index is 13.6. The zero-order chi connectivity index (χ0) is 24.2. The number of carbonyl (C=O) groups excluding carboxylic acids is 2. The van der Waals surface area contributed by atoms with Gasteiger partial charge in [0.05, 0.1) is 6.61 Å². The van der Waals surface area contributed by atoms with Crippen LogP contribution < -0.4 is 0 Å². The van der Waals surface area contributed by atoms with Crippen LogP contribution in [0.5, 0.6) is 0 Å². The molecule has 0 saturated heterocycles. The molecule has 0 aromatic carbocycles. The van der Waals surface area contributed by atoms with Gasteiger partial charge in [-0.2, -0.15) is 30.7 Å². The number of nitrogens with zero attached hydrogens (tertiary/aromatic N) is 1. The predicted octanol–water partition coefficient (Wildman–Crippen LogP) is 2.02. The van der Waals surface area contributed by atoms with Gasteiger partial charge in [0.2, 0.25) is 0 Å². The Morgan fingerprint density at radius 3 is 1.87 bits per heavy atom. The van der Waals surface area contributed by atoms with Crippen LogP contribution in [-0.2, 0) is 29.2 Å². The monoisotopic (exact) mass is 476 g/mol. The molecule has 0 fully saturated rings. The van der Waals surface area contributed by atoms with Crippen molar-refractivity contribution < 1.29 is 62.8 Å². The molecule has 8 nitrogen and oxygen atoms in total. The van der Waals surface area contributed by atoms with E-state index in [0.717, 1.165) is 0 Å². The molecule has 0 aliphatic rings. The quantitative estimate of drug-likeness (QED) is 0.147. The van der Waals surface area contributed by atoms with E-state index in [2.05, 4.69) is 16.1 Å². The number of amides is 1. The summed E-state index contributed by atoms with van der Waals surface area (Å²) >= 11 is 0. The van der Waals surface area contributed by atoms with Gasteiger partial charge in [0, 0.05) is 25.6 Å². The van der Waals surface area contributed by atoms with Crippen molar-refractivity contribution in [1.82, 2.24) is 4.90 Å². The van der Waals surface area contributed by atoms with Crippen LogP contribution in [0.2, 0.25) is 0 Å². The van der Waals surface area contributed by atoms with Gasteiger partial charge in [-0.25, -0.2) is 13.2 Å². The summed E-state index contributed by atoms with van der Waals surface area (Å²) in [6, 6.07) is 0. The second-order valence-electron chi connectivity index (χ2n) is 5.49. The van der Waals surface area contributed by atoms with E-state index in [9.17, 15) is 53.3 Å². The summed E-state index contributed by atoms with van der Waals surface area (Å²) in [4.78, 5) is 24.1. The Kier molecular flexibility index (Phi) is 8.85. The van der Waals surface area contributed by atoms with E-state index < -0.39 is 58.2 Å². The van der Waals surface area contributed by atoms with Gasteiger partial charge in [0.15, 0.2) is 10.1 Å². The van der Waals surface area contributed by atoms with Gasteiger partial charge in [0.25, 0.3) is 0 Å². The number of likely N-dealkylation sites (N-methyl/N-ethyl adjacent to an activating group) is 1. The Morgan fingerprint density at radius 2 is 1.53 bits per heavy atom. The molecule has 0 radical (unpaired) electrons. The molecule has 0 rings (SSSR count). The van der Waals surface area contributed by atoms with E-state index in [0.29, 0.717) is 4.90 Å². The SMILES string of the molecule is C=CC(=O)OC(OCCC(F)(F)C(F)(F)S(=O)(=O)[O-])(C(=O)N(CC)CC)C(F)(F)F. The highest BCUT2D eigenvalue weighted by Gasteiger charge is 2.68. The molecule has 0 aromatic rings. The van der Waals surface area contributed by atoms with Gasteiger partial charge in [-0.3, -0.25) is 4.79 Å². The topological polar surface area (TPSA) is 113 Å². The fourth-order valence-electron chi connectivity index (χ4n) is 1.95. The summed E-state index contributed by atoms with van der Waals surface area (Å²) in [6.07, 6.45) is -8.14. The smallest absolute Gasteiger partial charge is 0.466 e. The average molecular weight is 476 g/mol. The van der Waals surface area contributed by atoms with Gasteiger partial charge in [-0.1, -0.05) is 6.58 Å². The highest BCUT2D eigenvalue weighted by Crippen LogP contribution is 2.42. The van der Waals surface area contributed by atoms with Gasteiger partial charge < -0.3 is 18.9 Å². The molecule has 1 amide bonds. The van der Waals surface area contributed by atoms with Crippen molar-refractivity contribution in [2.24, 2.45) is 0 Å². The molecule has 176 valence electrons. The van der Waals surface area contributed by atoms with E-state index in [1.165, 1.54) is 13.8 Å². The van der Waals surface area contributed by atoms with Crippen molar-refractivity contribution in [3.05, 3.63) is 12.7 Å². The van der Waals surface area contributed by atoms with Gasteiger partial charge in [0.1, 0.15) is 0 Å². The number of halogens is 7. The molecular weight excluding hydrogens is 459 g/mol. The third kappa shape index (κ3) is 5.60. The lowest BCUT2D eigenvalue weighted by molar-refractivity contribution is -0.352. The molecule has 1 atom stereocenters. The van der Waals surface area contributed by atoms with Crippen molar-refractivity contribution in [3.63, 3.8) is 0 Å². The molecule has 0 spiro atoms. The Morgan fingerprint density at radius 1 is 1.07 bits per heavy atom. The van der Waals surface area contributed by atoms with Crippen molar-refractivity contribution >= 4 is 22.0 Å². The molecule has 30 heavy (non-hydrogen) atoms. The first kappa shape index (κ1) is 28.1. The van der Waals surface area contributed by atoms with Crippen molar-refractivity contribution in [1.29, 1.82) is 0 Å². The largest absolute Gasteiger partial charge is 0.743 e. The number of esters is 1. The first-order valence-electron chi connectivity index (χ1n) is 7.91. The second-order valence-corrected chi connectivity index (χ2v) is 6.91. The van der Waals surface area contributed by atoms with Gasteiger partial charge >= 0.3 is 35.0 Å². The Bertz CT molecular complexity index is 750. The lowest BCUT2D eigenvalue weighted by atomic mass is 10.2. The van der Waals surface area contributed by atoms with Crippen LogP contribution in [0.1, 0.15) is 20.3 Å². The molecule has 1 unspecified atom stereocenters. The minimum absolute atomic E-state index is 0.187. The van der Waals surface area contributed by atoms with Crippen molar-refractivity contribution in [2.45, 2.75) is 43.4 Å². The van der Waals surface area contributed by atoms with E-state index >= 15 is 0 Å². The van der Waals surface area contributed by atoms with Gasteiger partial charge in [-0.15, -0.1) is 0 Å². The van der Waals surface area contributed by atoms with Crippen LogP contribution in [0.25, 0.3) is 0 Å². The zero-order valence-corrected chi connectivity index (χ0v) is 16.3. The van der Waals surface area contributed by atoms with Crippen LogP contribution in [0.3, 0.4) is 0 Å². The van der Waals surface area contributed by atoms with Crippen molar-refractivity contribution in [3.8, 4) is 0 Å². The standard InChI is InChI=1S/C14H18F7NO7S/c1-4-9(23)29-12(13(17,18)19,10(24)22(5-2)6-3)28-8-7-11(15,16)14(20,21)30(25,26)27/h4H,1,5-8H2,2-3H3,(H,25,26,27)/p-1. The molecule has 16 heteroatoms. The predicted molar refractivity (Wildman–Crippen MR) is 83.2 cm³/mol. The summed E-state index contributed by atoms with van der Waals surface area (Å²) in [5.74, 6) is -14.1. The zero-order valence-electron chi connectivity index (χ0n) is 15.5. The Labute approximate surface area is 166 Å². The van der Waals surface area contributed by atoms with Crippen LogP contribution in [-0.4, -0.2) is 72.6 Å². The normalized spacial score (nSPS) is 15.3. The maximum absolute atomic E-state index is 13.6. The molecular formula is C14H17F7NO7S-. The van der Waals surface area contributed by atoms with Crippen LogP contribution in [0, 0.1) is 0 Å². The van der Waals surface area contributed by atoms with E-state index in [1.807, 2.05) is 0 Å². The number of carbonyl (C=O) groups is 2. The minimum Gasteiger partial charge on any atom is -0.743 e. The fourth-order valence-corrected chi connectivity index (χ4v) is 2.42. The van der Waals surface area contributed by atoms with Crippen LogP contribution in [0.4, 0.5) is 30.7 Å². The first-order chi connectivity index (χ1) is 13.3. The lowest BCUT2D eigenvalue weighted by Crippen LogP contribution is -2.62. The summed E-state index contributed by atoms with van der Waals surface area (Å²) in [6.45, 7) is 2.41. The third-order valence-corrected chi connectivity index (χ3v) is 4.50. The number of hydrogen-bond acceptors (Lipinski definition) is 7. The minimum atomic E-state index is -6.90. The molecule has 0 aliphatic carbocycles. The second kappa shape index (κ2) is 9.47. The molecule has 0 aromatic heterocycles. The number of rotatable bonds is 11. The molecule has 0 heterocycles. The summed E-state index contributed by atoms with van der Waals surface area (Å²) < 4.78 is 133. The lowest BCUT2D eigenvalue weighted by Gasteiger charge is -2.36. The van der Waals surface area contributed by atoms with Crippen molar-refractivity contribution in [2.75, 3.05) is 19.7 Å². The first-order valence-corrected chi connectivity index (χ1v) is 9.32. The number of hydrogen-bond donors (Lipinski definition) is 0. The Balaban J connectivity index is 6.10. The van der Waals surface area contributed by atoms with E-state index in [1.54, 1.807) is 0 Å². The van der Waals surface area contributed by atoms with E-state index in [4.69, 9.17) is 0 Å². The van der Waals surface area contributed by atoms with Gasteiger partial charge in [-0.05, 0) is 13.8 Å². The molecule has 0 bridgehead atoms. The number of ether oxygens (including phenoxy) is 2. The summed E-state index contributed by atoms with van der Waals surface area (Å²) in [7, 11) is -6.90. The highest BCUT2D eigenvalue weighted by molar-refractivity contribution is 7.86. The molecule has 0 N–H and O–H groups in total.